The topological polar surface area (TPSA) is 110 Å². The number of rotatable bonds is 8. The predicted octanol–water partition coefficient (Wildman–Crippen LogP) is 3.14. The summed E-state index contributed by atoms with van der Waals surface area (Å²) in [4.78, 5) is 12.1. The second kappa shape index (κ2) is 10.1. The monoisotopic (exact) mass is 407 g/mol. The minimum Gasteiger partial charge on any atom is -0.334 e. The van der Waals surface area contributed by atoms with Crippen molar-refractivity contribution >= 4 is 41.6 Å². The summed E-state index contributed by atoms with van der Waals surface area (Å²) in [6.45, 7) is 1.97. The molecule has 0 aliphatic rings. The van der Waals surface area contributed by atoms with E-state index in [1.165, 1.54) is 16.4 Å². The van der Waals surface area contributed by atoms with Crippen molar-refractivity contribution in [3.05, 3.63) is 71.8 Å². The van der Waals surface area contributed by atoms with Crippen molar-refractivity contribution in [2.75, 3.05) is 22.3 Å². The normalized spacial score (nSPS) is 11.2. The fourth-order valence-electron chi connectivity index (χ4n) is 2.36. The van der Waals surface area contributed by atoms with Crippen molar-refractivity contribution in [3.8, 4) is 0 Å². The van der Waals surface area contributed by atoms with E-state index in [9.17, 15) is 4.79 Å². The van der Waals surface area contributed by atoms with Crippen LogP contribution in [0.25, 0.3) is 6.08 Å². The fraction of sp³-hybridized carbons (Fsp3) is 0.100. The molecule has 0 unspecified atom stereocenters. The van der Waals surface area contributed by atoms with Gasteiger partial charge in [0.25, 0.3) is 5.95 Å². The quantitative estimate of drug-likeness (QED) is 0.229. The number of nitrogens with two attached hydrogens (primary N) is 1. The minimum absolute atomic E-state index is 0.151. The number of carbonyl (C=O) groups is 1. The van der Waals surface area contributed by atoms with Crippen molar-refractivity contribution in [1.29, 1.82) is 0 Å². The first-order chi connectivity index (χ1) is 14.1. The molecule has 29 heavy (non-hydrogen) atoms. The number of benzene rings is 2. The van der Waals surface area contributed by atoms with Gasteiger partial charge in [-0.2, -0.15) is 5.10 Å². The molecule has 2 aromatic carbocycles. The maximum Gasteiger partial charge on any atom is 0.264 e. The Labute approximate surface area is 172 Å². The van der Waals surface area contributed by atoms with Crippen LogP contribution < -0.4 is 16.6 Å². The SMILES string of the molecule is Cc1cccc(NC(=O)CSc2nnc(N/N=C/C=C/c3ccccc3)n2N)c1. The van der Waals surface area contributed by atoms with Gasteiger partial charge in [0.1, 0.15) is 0 Å². The number of nitrogen functional groups attached to an aromatic ring is 1. The van der Waals surface area contributed by atoms with Gasteiger partial charge in [-0.1, -0.05) is 60.3 Å². The number of aromatic nitrogens is 3. The number of amides is 1. The van der Waals surface area contributed by atoms with E-state index in [0.29, 0.717) is 5.16 Å². The molecule has 4 N–H and O–H groups in total. The van der Waals surface area contributed by atoms with Crippen LogP contribution in [0.1, 0.15) is 11.1 Å². The van der Waals surface area contributed by atoms with Crippen LogP contribution >= 0.6 is 11.8 Å². The van der Waals surface area contributed by atoms with Crippen LogP contribution in [0, 0.1) is 6.92 Å². The van der Waals surface area contributed by atoms with Crippen molar-refractivity contribution in [2.24, 2.45) is 5.10 Å². The highest BCUT2D eigenvalue weighted by molar-refractivity contribution is 7.99. The Hall–Kier alpha value is -3.59. The van der Waals surface area contributed by atoms with Crippen LogP contribution in [0.3, 0.4) is 0 Å². The number of allylic oxidation sites excluding steroid dienone is 1. The zero-order chi connectivity index (χ0) is 20.5. The van der Waals surface area contributed by atoms with Gasteiger partial charge in [-0.15, -0.1) is 10.2 Å². The van der Waals surface area contributed by atoms with Gasteiger partial charge in [-0.25, -0.2) is 10.1 Å². The first kappa shape index (κ1) is 20.2. The summed E-state index contributed by atoms with van der Waals surface area (Å²) in [5, 5.41) is 15.2. The largest absolute Gasteiger partial charge is 0.334 e. The molecule has 0 aliphatic carbocycles. The molecule has 0 bridgehead atoms. The van der Waals surface area contributed by atoms with Crippen LogP contribution in [0.15, 0.2) is 70.9 Å². The van der Waals surface area contributed by atoms with Crippen LogP contribution in [-0.4, -0.2) is 32.7 Å². The first-order valence-electron chi connectivity index (χ1n) is 8.82. The Morgan fingerprint density at radius 3 is 2.83 bits per heavy atom. The molecule has 9 heteroatoms. The fourth-order valence-corrected chi connectivity index (χ4v) is 3.01. The molecular formula is C20H21N7OS. The summed E-state index contributed by atoms with van der Waals surface area (Å²) in [5.74, 6) is 6.23. The van der Waals surface area contributed by atoms with Crippen LogP contribution in [0.5, 0.6) is 0 Å². The van der Waals surface area contributed by atoms with Gasteiger partial charge < -0.3 is 11.2 Å². The Balaban J connectivity index is 1.48. The summed E-state index contributed by atoms with van der Waals surface area (Å²) in [6.07, 6.45) is 5.31. The lowest BCUT2D eigenvalue weighted by atomic mass is 10.2. The summed E-state index contributed by atoms with van der Waals surface area (Å²) in [5.41, 5.74) is 5.63. The van der Waals surface area contributed by atoms with Crippen molar-refractivity contribution < 1.29 is 4.79 Å². The molecule has 8 nitrogen and oxygen atoms in total. The minimum atomic E-state index is -0.151. The standard InChI is InChI=1S/C20H21N7OS/c1-15-7-5-11-17(13-15)23-18(28)14-29-20-26-25-19(27(20)21)24-22-12-6-10-16-8-3-2-4-9-16/h2-13H,14,21H2,1H3,(H,23,28)(H,24,25)/b10-6+,22-12+. The molecule has 1 aromatic heterocycles. The molecule has 3 aromatic rings. The highest BCUT2D eigenvalue weighted by atomic mass is 32.2. The predicted molar refractivity (Wildman–Crippen MR) is 118 cm³/mol. The number of aryl methyl sites for hydroxylation is 1. The van der Waals surface area contributed by atoms with Gasteiger partial charge in [-0.05, 0) is 36.3 Å². The van der Waals surface area contributed by atoms with Gasteiger partial charge in [0, 0.05) is 11.9 Å². The highest BCUT2D eigenvalue weighted by Gasteiger charge is 2.12. The zero-order valence-electron chi connectivity index (χ0n) is 15.8. The average Bonchev–Trinajstić information content (AvgIpc) is 3.06. The molecule has 0 aliphatic heterocycles. The van der Waals surface area contributed by atoms with E-state index < -0.39 is 0 Å². The van der Waals surface area contributed by atoms with Crippen LogP contribution in [-0.2, 0) is 4.79 Å². The second-order valence-corrected chi connectivity index (χ2v) is 6.98. The average molecular weight is 408 g/mol. The van der Waals surface area contributed by atoms with E-state index >= 15 is 0 Å². The lowest BCUT2D eigenvalue weighted by Crippen LogP contribution is -2.16. The van der Waals surface area contributed by atoms with E-state index in [0.717, 1.165) is 16.8 Å². The van der Waals surface area contributed by atoms with E-state index in [1.807, 2.05) is 67.6 Å². The zero-order valence-corrected chi connectivity index (χ0v) is 16.6. The highest BCUT2D eigenvalue weighted by Crippen LogP contribution is 2.17. The second-order valence-electron chi connectivity index (χ2n) is 6.04. The van der Waals surface area contributed by atoms with Gasteiger partial charge in [0.05, 0.1) is 5.75 Å². The molecule has 3 rings (SSSR count). The number of nitrogens with zero attached hydrogens (tertiary/aromatic N) is 4. The van der Waals surface area contributed by atoms with Gasteiger partial charge in [-0.3, -0.25) is 4.79 Å². The lowest BCUT2D eigenvalue weighted by molar-refractivity contribution is -0.113. The molecule has 1 amide bonds. The van der Waals surface area contributed by atoms with E-state index in [-0.39, 0.29) is 17.6 Å². The summed E-state index contributed by atoms with van der Waals surface area (Å²) < 4.78 is 1.25. The van der Waals surface area contributed by atoms with Gasteiger partial charge in [0.2, 0.25) is 11.1 Å². The number of hydrogen-bond donors (Lipinski definition) is 3. The molecule has 1 heterocycles. The number of nitrogens with one attached hydrogen (secondary N) is 2. The van der Waals surface area contributed by atoms with Crippen LogP contribution in [0.2, 0.25) is 0 Å². The van der Waals surface area contributed by atoms with Crippen molar-refractivity contribution in [3.63, 3.8) is 0 Å². The summed E-state index contributed by atoms with van der Waals surface area (Å²) >= 11 is 1.19. The number of carbonyl (C=O) groups excluding carboxylic acids is 1. The first-order valence-corrected chi connectivity index (χ1v) is 9.81. The van der Waals surface area contributed by atoms with Gasteiger partial charge in [0.15, 0.2) is 0 Å². The van der Waals surface area contributed by atoms with Crippen molar-refractivity contribution in [1.82, 2.24) is 14.9 Å². The maximum atomic E-state index is 12.1. The van der Waals surface area contributed by atoms with E-state index in [2.05, 4.69) is 26.0 Å². The number of thioether (sulfide) groups is 1. The van der Waals surface area contributed by atoms with Gasteiger partial charge >= 0.3 is 0 Å². The summed E-state index contributed by atoms with van der Waals surface area (Å²) in [6, 6.07) is 17.5. The molecule has 0 radical (unpaired) electrons. The molecular weight excluding hydrogens is 386 g/mol. The smallest absolute Gasteiger partial charge is 0.264 e. The van der Waals surface area contributed by atoms with Crippen molar-refractivity contribution in [2.45, 2.75) is 12.1 Å². The third-order valence-corrected chi connectivity index (χ3v) is 4.66. The third-order valence-electron chi connectivity index (χ3n) is 3.71. The molecule has 0 saturated heterocycles. The number of anilines is 2. The maximum absolute atomic E-state index is 12.1. The molecule has 0 saturated carbocycles. The Kier molecular flexibility index (Phi) is 7.01. The molecule has 0 atom stereocenters. The Bertz CT molecular complexity index is 1010. The summed E-state index contributed by atoms with van der Waals surface area (Å²) in [7, 11) is 0. The van der Waals surface area contributed by atoms with E-state index in [1.54, 1.807) is 12.3 Å². The molecule has 148 valence electrons. The number of hydrazone groups is 1. The molecule has 0 spiro atoms. The van der Waals surface area contributed by atoms with Crippen LogP contribution in [0.4, 0.5) is 11.6 Å². The lowest BCUT2D eigenvalue weighted by Gasteiger charge is -2.06. The Morgan fingerprint density at radius 1 is 1.21 bits per heavy atom. The third kappa shape index (κ3) is 6.22. The number of hydrogen-bond acceptors (Lipinski definition) is 7. The molecule has 0 fully saturated rings. The van der Waals surface area contributed by atoms with E-state index in [4.69, 9.17) is 5.84 Å². The Morgan fingerprint density at radius 2 is 2.03 bits per heavy atom.